The number of nitrogens with zero attached hydrogens (tertiary/aromatic N) is 1. The second-order valence-corrected chi connectivity index (χ2v) is 10.8. The Morgan fingerprint density at radius 1 is 1.17 bits per heavy atom. The lowest BCUT2D eigenvalue weighted by molar-refractivity contribution is -0.113. The van der Waals surface area contributed by atoms with Gasteiger partial charge in [-0.2, -0.15) is 0 Å². The Labute approximate surface area is 183 Å². The number of hydrogen-bond acceptors (Lipinski definition) is 5. The predicted molar refractivity (Wildman–Crippen MR) is 118 cm³/mol. The molecule has 0 atom stereocenters. The van der Waals surface area contributed by atoms with E-state index in [9.17, 15) is 18.0 Å². The van der Waals surface area contributed by atoms with Crippen LogP contribution in [-0.4, -0.2) is 26.0 Å². The summed E-state index contributed by atoms with van der Waals surface area (Å²) in [5.41, 5.74) is 3.66. The van der Waals surface area contributed by atoms with Gasteiger partial charge >= 0.3 is 0 Å². The number of fused-ring (bicyclic) bond motifs is 1. The molecule has 154 valence electrons. The van der Waals surface area contributed by atoms with Crippen LogP contribution in [0.25, 0.3) is 0 Å². The molecule has 1 aromatic heterocycles. The van der Waals surface area contributed by atoms with Crippen LogP contribution < -0.4 is 10.2 Å². The number of sulfone groups is 1. The highest BCUT2D eigenvalue weighted by atomic mass is 35.5. The molecular formula is C21H17ClN2O4S2. The largest absolute Gasteiger partial charge is 0.325 e. The Hall–Kier alpha value is -2.68. The highest BCUT2D eigenvalue weighted by Crippen LogP contribution is 2.32. The lowest BCUT2D eigenvalue weighted by Gasteiger charge is -2.19. The van der Waals surface area contributed by atoms with Gasteiger partial charge in [-0.05, 0) is 54.4 Å². The molecule has 2 heterocycles. The van der Waals surface area contributed by atoms with Crippen molar-refractivity contribution in [2.75, 3.05) is 16.0 Å². The first-order valence-corrected chi connectivity index (χ1v) is 11.9. The third-order valence-electron chi connectivity index (χ3n) is 4.77. The topological polar surface area (TPSA) is 83.6 Å². The van der Waals surface area contributed by atoms with Crippen molar-refractivity contribution in [3.63, 3.8) is 0 Å². The van der Waals surface area contributed by atoms with E-state index in [4.69, 9.17) is 11.6 Å². The fraction of sp³-hybridized carbons (Fsp3) is 0.143. The zero-order valence-corrected chi connectivity index (χ0v) is 18.3. The van der Waals surface area contributed by atoms with Gasteiger partial charge in [0, 0.05) is 16.9 Å². The van der Waals surface area contributed by atoms with Crippen LogP contribution in [0.3, 0.4) is 0 Å². The fourth-order valence-electron chi connectivity index (χ4n) is 3.39. The predicted octanol–water partition coefficient (Wildman–Crippen LogP) is 4.28. The van der Waals surface area contributed by atoms with Gasteiger partial charge in [0.15, 0.2) is 9.84 Å². The van der Waals surface area contributed by atoms with Crippen LogP contribution in [-0.2, 0) is 21.2 Å². The summed E-state index contributed by atoms with van der Waals surface area (Å²) < 4.78 is 25.1. The molecule has 6 nitrogen and oxygen atoms in total. The van der Waals surface area contributed by atoms with Gasteiger partial charge < -0.3 is 10.2 Å². The summed E-state index contributed by atoms with van der Waals surface area (Å²) in [6, 6.07) is 15.5. The molecule has 1 aliphatic heterocycles. The molecule has 2 aromatic carbocycles. The third-order valence-corrected chi connectivity index (χ3v) is 8.20. The second kappa shape index (κ2) is 7.86. The monoisotopic (exact) mass is 460 g/mol. The summed E-state index contributed by atoms with van der Waals surface area (Å²) in [6.07, 6.45) is 0. The van der Waals surface area contributed by atoms with Crippen LogP contribution >= 0.6 is 22.9 Å². The van der Waals surface area contributed by atoms with Crippen molar-refractivity contribution in [1.82, 2.24) is 0 Å². The number of carbonyl (C=O) groups excluding carboxylic acids is 2. The maximum absolute atomic E-state index is 12.7. The maximum Gasteiger partial charge on any atom is 0.258 e. The van der Waals surface area contributed by atoms with Crippen molar-refractivity contribution in [3.05, 3.63) is 75.6 Å². The van der Waals surface area contributed by atoms with E-state index < -0.39 is 21.5 Å². The average Bonchev–Trinajstić information content (AvgIpc) is 3.26. The number of thiophene rings is 1. The zero-order chi connectivity index (χ0) is 21.5. The van der Waals surface area contributed by atoms with Gasteiger partial charge in [-0.1, -0.05) is 29.8 Å². The van der Waals surface area contributed by atoms with Crippen LogP contribution in [0.15, 0.2) is 58.8 Å². The minimum absolute atomic E-state index is 0.0568. The molecular weight excluding hydrogens is 444 g/mol. The average molecular weight is 461 g/mol. The molecule has 3 aromatic rings. The number of nitrogens with one attached hydrogen (secondary N) is 1. The van der Waals surface area contributed by atoms with Crippen molar-refractivity contribution in [3.8, 4) is 0 Å². The van der Waals surface area contributed by atoms with E-state index in [1.54, 1.807) is 23.1 Å². The van der Waals surface area contributed by atoms with Crippen molar-refractivity contribution in [2.45, 2.75) is 17.7 Å². The van der Waals surface area contributed by atoms with E-state index in [1.807, 2.05) is 31.2 Å². The quantitative estimate of drug-likeness (QED) is 0.615. The first-order valence-electron chi connectivity index (χ1n) is 9.03. The SMILES string of the molecule is Cc1cc(NC(=O)CS(=O)(=O)c2ccc(Cl)s2)ccc1N1Cc2ccccc2C1=O. The molecule has 30 heavy (non-hydrogen) atoms. The molecule has 0 saturated heterocycles. The Kier molecular flexibility index (Phi) is 5.40. The Balaban J connectivity index is 1.48. The normalized spacial score (nSPS) is 13.4. The number of hydrogen-bond donors (Lipinski definition) is 1. The lowest BCUT2D eigenvalue weighted by Crippen LogP contribution is -2.24. The van der Waals surface area contributed by atoms with Crippen molar-refractivity contribution < 1.29 is 18.0 Å². The molecule has 0 fully saturated rings. The number of rotatable bonds is 5. The van der Waals surface area contributed by atoms with Crippen LogP contribution in [0.1, 0.15) is 21.5 Å². The summed E-state index contributed by atoms with van der Waals surface area (Å²) in [4.78, 5) is 26.7. The number of benzene rings is 2. The van der Waals surface area contributed by atoms with Crippen LogP contribution in [0.4, 0.5) is 11.4 Å². The number of aryl methyl sites for hydroxylation is 1. The molecule has 1 N–H and O–H groups in total. The van der Waals surface area contributed by atoms with Crippen molar-refractivity contribution in [2.24, 2.45) is 0 Å². The van der Waals surface area contributed by atoms with Crippen molar-refractivity contribution >= 4 is 56.0 Å². The van der Waals surface area contributed by atoms with E-state index >= 15 is 0 Å². The van der Waals surface area contributed by atoms with Gasteiger partial charge in [-0.25, -0.2) is 8.42 Å². The van der Waals surface area contributed by atoms with E-state index in [-0.39, 0.29) is 10.1 Å². The van der Waals surface area contributed by atoms with E-state index in [2.05, 4.69) is 5.32 Å². The number of carbonyl (C=O) groups is 2. The zero-order valence-electron chi connectivity index (χ0n) is 15.9. The summed E-state index contributed by atoms with van der Waals surface area (Å²) >= 11 is 6.70. The third kappa shape index (κ3) is 3.98. The fourth-order valence-corrected chi connectivity index (χ4v) is 6.09. The molecule has 1 aliphatic rings. The van der Waals surface area contributed by atoms with Gasteiger partial charge in [-0.15, -0.1) is 11.3 Å². The number of anilines is 2. The molecule has 0 radical (unpaired) electrons. The molecule has 0 saturated carbocycles. The van der Waals surface area contributed by atoms with Gasteiger partial charge in [0.1, 0.15) is 9.96 Å². The highest BCUT2D eigenvalue weighted by molar-refractivity contribution is 7.94. The van der Waals surface area contributed by atoms with E-state index in [0.717, 1.165) is 28.2 Å². The molecule has 0 bridgehead atoms. The van der Waals surface area contributed by atoms with Crippen LogP contribution in [0.5, 0.6) is 0 Å². The van der Waals surface area contributed by atoms with Crippen LogP contribution in [0, 0.1) is 6.92 Å². The first kappa shape index (κ1) is 20.6. The number of halogens is 1. The minimum atomic E-state index is -3.76. The molecule has 4 rings (SSSR count). The summed E-state index contributed by atoms with van der Waals surface area (Å²) in [6.45, 7) is 2.33. The second-order valence-electron chi connectivity index (χ2n) is 6.92. The molecule has 0 spiro atoms. The maximum atomic E-state index is 12.7. The number of amides is 2. The van der Waals surface area contributed by atoms with Crippen LogP contribution in [0.2, 0.25) is 4.34 Å². The highest BCUT2D eigenvalue weighted by Gasteiger charge is 2.29. The standard InChI is InChI=1S/C21H17ClN2O4S2/c1-13-10-15(23-19(25)12-30(27,28)20-9-8-18(22)29-20)6-7-17(13)24-11-14-4-2-3-5-16(14)21(24)26/h2-10H,11-12H2,1H3,(H,23,25). The van der Waals surface area contributed by atoms with Gasteiger partial charge in [0.25, 0.3) is 5.91 Å². The van der Waals surface area contributed by atoms with Gasteiger partial charge in [-0.3, -0.25) is 9.59 Å². The first-order chi connectivity index (χ1) is 14.2. The minimum Gasteiger partial charge on any atom is -0.325 e. The van der Waals surface area contributed by atoms with E-state index in [1.165, 1.54) is 12.1 Å². The Morgan fingerprint density at radius 3 is 2.60 bits per heavy atom. The van der Waals surface area contributed by atoms with Crippen molar-refractivity contribution in [1.29, 1.82) is 0 Å². The molecule has 2 amide bonds. The lowest BCUT2D eigenvalue weighted by atomic mass is 10.1. The molecule has 0 unspecified atom stereocenters. The smallest absolute Gasteiger partial charge is 0.258 e. The Bertz CT molecular complexity index is 1270. The summed E-state index contributed by atoms with van der Waals surface area (Å²) in [5, 5.41) is 2.61. The summed E-state index contributed by atoms with van der Waals surface area (Å²) in [5.74, 6) is -1.38. The van der Waals surface area contributed by atoms with E-state index in [0.29, 0.717) is 22.1 Å². The Morgan fingerprint density at radius 2 is 1.93 bits per heavy atom. The molecule has 9 heteroatoms. The van der Waals surface area contributed by atoms with Gasteiger partial charge in [0.05, 0.1) is 10.9 Å². The summed E-state index contributed by atoms with van der Waals surface area (Å²) in [7, 11) is -3.76. The molecule has 0 aliphatic carbocycles. The van der Waals surface area contributed by atoms with Gasteiger partial charge in [0.2, 0.25) is 5.91 Å².